The van der Waals surface area contributed by atoms with Crippen LogP contribution in [-0.2, 0) is 9.47 Å². The minimum Gasteiger partial charge on any atom is -0.393 e. The van der Waals surface area contributed by atoms with Crippen molar-refractivity contribution in [2.75, 3.05) is 26.3 Å². The van der Waals surface area contributed by atoms with Crippen molar-refractivity contribution in [3.63, 3.8) is 0 Å². The van der Waals surface area contributed by atoms with Crippen molar-refractivity contribution in [1.29, 1.82) is 0 Å². The molecule has 2 N–H and O–H groups in total. The molecule has 1 aliphatic rings. The molecule has 0 spiro atoms. The van der Waals surface area contributed by atoms with Crippen LogP contribution in [-0.4, -0.2) is 43.8 Å². The van der Waals surface area contributed by atoms with E-state index in [1.807, 2.05) is 13.8 Å². The van der Waals surface area contributed by atoms with Crippen molar-refractivity contribution >= 4 is 0 Å². The number of hydrogen-bond acceptors (Lipinski definition) is 4. The van der Waals surface area contributed by atoms with Gasteiger partial charge in [-0.2, -0.15) is 0 Å². The molecule has 4 nitrogen and oxygen atoms in total. The molecule has 1 aliphatic carbocycles. The zero-order chi connectivity index (χ0) is 13.2. The van der Waals surface area contributed by atoms with E-state index in [0.717, 1.165) is 51.1 Å². The lowest BCUT2D eigenvalue weighted by molar-refractivity contribution is -0.138. The highest BCUT2D eigenvalue weighted by atomic mass is 16.7. The maximum atomic E-state index is 9.44. The van der Waals surface area contributed by atoms with E-state index in [1.54, 1.807) is 0 Å². The fourth-order valence-electron chi connectivity index (χ4n) is 2.46. The van der Waals surface area contributed by atoms with Gasteiger partial charge < -0.3 is 19.9 Å². The average molecular weight is 259 g/mol. The Morgan fingerprint density at radius 3 is 2.28 bits per heavy atom. The van der Waals surface area contributed by atoms with Gasteiger partial charge >= 0.3 is 0 Å². The summed E-state index contributed by atoms with van der Waals surface area (Å²) in [6.07, 6.45) is 5.00. The normalized spacial score (nSPS) is 24.7. The van der Waals surface area contributed by atoms with Crippen LogP contribution in [0.2, 0.25) is 0 Å². The lowest BCUT2D eigenvalue weighted by atomic mass is 9.87. The number of hydrogen-bond donors (Lipinski definition) is 2. The molecule has 1 rings (SSSR count). The molecule has 0 saturated heterocycles. The molecule has 0 aliphatic heterocycles. The van der Waals surface area contributed by atoms with Gasteiger partial charge in [0.2, 0.25) is 0 Å². The van der Waals surface area contributed by atoms with Crippen molar-refractivity contribution in [2.24, 2.45) is 5.92 Å². The summed E-state index contributed by atoms with van der Waals surface area (Å²) < 4.78 is 11.0. The zero-order valence-electron chi connectivity index (χ0n) is 11.9. The first kappa shape index (κ1) is 15.9. The molecule has 0 atom stereocenters. The zero-order valence-corrected chi connectivity index (χ0v) is 11.9. The minimum atomic E-state index is -0.0688. The second-order valence-corrected chi connectivity index (χ2v) is 5.01. The Labute approximate surface area is 111 Å². The van der Waals surface area contributed by atoms with Crippen LogP contribution in [0.3, 0.4) is 0 Å². The molecule has 0 aromatic carbocycles. The lowest BCUT2D eigenvalue weighted by Gasteiger charge is -2.25. The molecular weight excluding hydrogens is 230 g/mol. The van der Waals surface area contributed by atoms with Crippen LogP contribution in [0.1, 0.15) is 46.0 Å². The molecule has 0 aromatic heterocycles. The molecule has 0 aromatic rings. The first-order valence-corrected chi connectivity index (χ1v) is 7.38. The van der Waals surface area contributed by atoms with Gasteiger partial charge in [-0.3, -0.25) is 0 Å². The van der Waals surface area contributed by atoms with Crippen LogP contribution < -0.4 is 5.32 Å². The van der Waals surface area contributed by atoms with Crippen molar-refractivity contribution in [2.45, 2.75) is 58.3 Å². The number of ether oxygens (including phenoxy) is 2. The van der Waals surface area contributed by atoms with Gasteiger partial charge in [0.25, 0.3) is 0 Å². The number of nitrogens with one attached hydrogen (secondary N) is 1. The molecule has 0 radical (unpaired) electrons. The SMILES string of the molecule is CCOC(CCNCC1CCC(O)CC1)OCC. The highest BCUT2D eigenvalue weighted by Crippen LogP contribution is 2.23. The second kappa shape index (κ2) is 9.73. The second-order valence-electron chi connectivity index (χ2n) is 5.01. The van der Waals surface area contributed by atoms with E-state index < -0.39 is 0 Å². The molecule has 108 valence electrons. The fourth-order valence-corrected chi connectivity index (χ4v) is 2.46. The maximum Gasteiger partial charge on any atom is 0.158 e. The van der Waals surface area contributed by atoms with Crippen LogP contribution in [0.4, 0.5) is 0 Å². The Balaban J connectivity index is 2.02. The standard InChI is InChI=1S/C14H29NO3/c1-3-17-14(18-4-2)9-10-15-11-12-5-7-13(16)8-6-12/h12-16H,3-11H2,1-2H3. The van der Waals surface area contributed by atoms with E-state index in [-0.39, 0.29) is 12.4 Å². The smallest absolute Gasteiger partial charge is 0.158 e. The van der Waals surface area contributed by atoms with Crippen LogP contribution in [0.15, 0.2) is 0 Å². The Morgan fingerprint density at radius 2 is 1.72 bits per heavy atom. The van der Waals surface area contributed by atoms with Gasteiger partial charge in [0, 0.05) is 19.6 Å². The van der Waals surface area contributed by atoms with E-state index in [4.69, 9.17) is 9.47 Å². The third-order valence-corrected chi connectivity index (χ3v) is 3.51. The minimum absolute atomic E-state index is 0.0541. The molecule has 0 unspecified atom stereocenters. The molecule has 18 heavy (non-hydrogen) atoms. The van der Waals surface area contributed by atoms with Gasteiger partial charge in [-0.15, -0.1) is 0 Å². The molecule has 1 fully saturated rings. The van der Waals surface area contributed by atoms with E-state index in [2.05, 4.69) is 5.32 Å². The summed E-state index contributed by atoms with van der Waals surface area (Å²) in [6, 6.07) is 0. The van der Waals surface area contributed by atoms with Gasteiger partial charge in [-0.25, -0.2) is 0 Å². The van der Waals surface area contributed by atoms with E-state index in [1.165, 1.54) is 0 Å². The molecule has 4 heteroatoms. The maximum absolute atomic E-state index is 9.44. The molecule has 0 heterocycles. The van der Waals surface area contributed by atoms with Crippen LogP contribution in [0.25, 0.3) is 0 Å². The molecule has 0 amide bonds. The summed E-state index contributed by atoms with van der Waals surface area (Å²) in [5.41, 5.74) is 0. The van der Waals surface area contributed by atoms with Gasteiger partial charge in [0.15, 0.2) is 6.29 Å². The van der Waals surface area contributed by atoms with Crippen molar-refractivity contribution in [3.8, 4) is 0 Å². The summed E-state index contributed by atoms with van der Waals surface area (Å²) in [5, 5.41) is 12.9. The predicted octanol–water partition coefficient (Wildman–Crippen LogP) is 1.92. The van der Waals surface area contributed by atoms with E-state index in [9.17, 15) is 5.11 Å². The topological polar surface area (TPSA) is 50.7 Å². The van der Waals surface area contributed by atoms with Crippen molar-refractivity contribution in [1.82, 2.24) is 5.32 Å². The monoisotopic (exact) mass is 259 g/mol. The average Bonchev–Trinajstić information content (AvgIpc) is 2.37. The number of aliphatic hydroxyl groups excluding tert-OH is 1. The molecule has 1 saturated carbocycles. The van der Waals surface area contributed by atoms with E-state index >= 15 is 0 Å². The highest BCUT2D eigenvalue weighted by molar-refractivity contribution is 4.73. The first-order chi connectivity index (χ1) is 8.76. The van der Waals surface area contributed by atoms with Gasteiger partial charge in [0.1, 0.15) is 0 Å². The summed E-state index contributed by atoms with van der Waals surface area (Å²) in [5.74, 6) is 0.728. The fraction of sp³-hybridized carbons (Fsp3) is 1.00. The largest absolute Gasteiger partial charge is 0.393 e. The van der Waals surface area contributed by atoms with Gasteiger partial charge in [-0.1, -0.05) is 0 Å². The quantitative estimate of drug-likeness (QED) is 0.490. The Hall–Kier alpha value is -0.160. The summed E-state index contributed by atoms with van der Waals surface area (Å²) >= 11 is 0. The Morgan fingerprint density at radius 1 is 1.11 bits per heavy atom. The third kappa shape index (κ3) is 6.69. The summed E-state index contributed by atoms with van der Waals surface area (Å²) in [4.78, 5) is 0. The summed E-state index contributed by atoms with van der Waals surface area (Å²) in [7, 11) is 0. The number of rotatable bonds is 9. The molecular formula is C14H29NO3. The first-order valence-electron chi connectivity index (χ1n) is 7.38. The molecule has 0 bridgehead atoms. The Bertz CT molecular complexity index is 187. The summed E-state index contributed by atoms with van der Waals surface area (Å²) in [6.45, 7) is 7.37. The van der Waals surface area contributed by atoms with Crippen LogP contribution in [0.5, 0.6) is 0 Å². The Kier molecular flexibility index (Phi) is 8.59. The van der Waals surface area contributed by atoms with Gasteiger partial charge in [0.05, 0.1) is 6.10 Å². The van der Waals surface area contributed by atoms with Gasteiger partial charge in [-0.05, 0) is 58.5 Å². The van der Waals surface area contributed by atoms with Crippen molar-refractivity contribution < 1.29 is 14.6 Å². The predicted molar refractivity (Wildman–Crippen MR) is 72.5 cm³/mol. The van der Waals surface area contributed by atoms with E-state index in [0.29, 0.717) is 13.2 Å². The third-order valence-electron chi connectivity index (χ3n) is 3.51. The highest BCUT2D eigenvalue weighted by Gasteiger charge is 2.18. The van der Waals surface area contributed by atoms with Crippen LogP contribution in [0, 0.1) is 5.92 Å². The van der Waals surface area contributed by atoms with Crippen molar-refractivity contribution in [3.05, 3.63) is 0 Å². The van der Waals surface area contributed by atoms with Crippen LogP contribution >= 0.6 is 0 Å². The number of aliphatic hydroxyl groups is 1. The lowest BCUT2D eigenvalue weighted by Crippen LogP contribution is -2.31.